The molecular weight excluding hydrogens is 392 g/mol. The van der Waals surface area contributed by atoms with Crippen molar-refractivity contribution in [2.24, 2.45) is 5.92 Å². The van der Waals surface area contributed by atoms with E-state index in [4.69, 9.17) is 0 Å². The highest BCUT2D eigenvalue weighted by atomic mass is 79.9. The Labute approximate surface area is 160 Å². The molecule has 7 heteroatoms. The predicted molar refractivity (Wildman–Crippen MR) is 101 cm³/mol. The lowest BCUT2D eigenvalue weighted by Gasteiger charge is -2.33. The van der Waals surface area contributed by atoms with Crippen molar-refractivity contribution in [2.75, 3.05) is 18.4 Å². The fourth-order valence-corrected chi connectivity index (χ4v) is 4.44. The molecule has 6 nitrogen and oxygen atoms in total. The van der Waals surface area contributed by atoms with Crippen LogP contribution in [0, 0.1) is 28.6 Å². The van der Waals surface area contributed by atoms with Gasteiger partial charge in [0.15, 0.2) is 0 Å². The lowest BCUT2D eigenvalue weighted by Crippen LogP contribution is -2.34. The number of nitrogens with one attached hydrogen (secondary N) is 3. The van der Waals surface area contributed by atoms with Crippen LogP contribution in [0.1, 0.15) is 35.4 Å². The van der Waals surface area contributed by atoms with Crippen LogP contribution in [0.5, 0.6) is 0 Å². The van der Waals surface area contributed by atoms with E-state index in [1.807, 2.05) is 12.1 Å². The second kappa shape index (κ2) is 6.95. The van der Waals surface area contributed by atoms with Gasteiger partial charge in [-0.25, -0.2) is 0 Å². The molecule has 1 fully saturated rings. The number of nitrogens with zero attached hydrogens (tertiary/aromatic N) is 3. The number of aromatic amines is 1. The minimum absolute atomic E-state index is 0.255. The first-order valence-electron chi connectivity index (χ1n) is 8.58. The number of aromatic nitrogens is 2. The summed E-state index contributed by atoms with van der Waals surface area (Å²) in [5.41, 5.74) is 4.04. The fraction of sp³-hybridized carbons (Fsp3) is 0.316. The summed E-state index contributed by atoms with van der Waals surface area (Å²) >= 11 is 3.57. The molecule has 0 aliphatic carbocycles. The number of anilines is 1. The second-order valence-electron chi connectivity index (χ2n) is 6.56. The summed E-state index contributed by atoms with van der Waals surface area (Å²) in [4.78, 5) is 0. The van der Waals surface area contributed by atoms with Gasteiger partial charge in [-0.15, -0.1) is 0 Å². The number of H-pyrrole nitrogens is 1. The third kappa shape index (κ3) is 2.70. The minimum atomic E-state index is -0.255. The average molecular weight is 409 g/mol. The Kier molecular flexibility index (Phi) is 4.50. The van der Waals surface area contributed by atoms with Crippen LogP contribution in [-0.4, -0.2) is 23.3 Å². The molecule has 0 bridgehead atoms. The maximum Gasteiger partial charge on any atom is 0.129 e. The molecule has 26 heavy (non-hydrogen) atoms. The SMILES string of the molecule is N#CC1=C(C2CCCNC2)Nc2[nH]ncc2C1c1cccc(C#N)c1Br. The Morgan fingerprint density at radius 2 is 2.08 bits per heavy atom. The van der Waals surface area contributed by atoms with Crippen molar-refractivity contribution in [3.8, 4) is 12.1 Å². The van der Waals surface area contributed by atoms with Crippen molar-refractivity contribution < 1.29 is 0 Å². The molecule has 3 N–H and O–H groups in total. The Balaban J connectivity index is 1.90. The van der Waals surface area contributed by atoms with Gasteiger partial charge in [-0.05, 0) is 46.9 Å². The van der Waals surface area contributed by atoms with Gasteiger partial charge in [0.2, 0.25) is 0 Å². The number of allylic oxidation sites excluding steroid dienone is 1. The van der Waals surface area contributed by atoms with Crippen LogP contribution in [0.2, 0.25) is 0 Å². The second-order valence-corrected chi connectivity index (χ2v) is 7.35. The number of piperidine rings is 1. The van der Waals surface area contributed by atoms with Crippen molar-refractivity contribution in [1.29, 1.82) is 10.5 Å². The Morgan fingerprint density at radius 3 is 2.81 bits per heavy atom. The summed E-state index contributed by atoms with van der Waals surface area (Å²) < 4.78 is 0.732. The molecule has 1 aromatic carbocycles. The lowest BCUT2D eigenvalue weighted by atomic mass is 9.79. The molecule has 2 aliphatic rings. The molecular formula is C19H17BrN6. The van der Waals surface area contributed by atoms with Crippen molar-refractivity contribution in [3.05, 3.63) is 56.8 Å². The van der Waals surface area contributed by atoms with Crippen LogP contribution >= 0.6 is 15.9 Å². The molecule has 2 unspecified atom stereocenters. The molecule has 0 radical (unpaired) electrons. The van der Waals surface area contributed by atoms with Gasteiger partial charge < -0.3 is 10.6 Å². The van der Waals surface area contributed by atoms with Gasteiger partial charge >= 0.3 is 0 Å². The zero-order valence-electron chi connectivity index (χ0n) is 14.0. The van der Waals surface area contributed by atoms with E-state index in [1.54, 1.807) is 12.3 Å². The number of rotatable bonds is 2. The van der Waals surface area contributed by atoms with E-state index in [0.29, 0.717) is 11.1 Å². The van der Waals surface area contributed by atoms with E-state index in [1.165, 1.54) is 0 Å². The first kappa shape index (κ1) is 16.8. The monoisotopic (exact) mass is 408 g/mol. The average Bonchev–Trinajstić information content (AvgIpc) is 3.16. The van der Waals surface area contributed by atoms with Crippen LogP contribution in [0.15, 0.2) is 40.1 Å². The van der Waals surface area contributed by atoms with Crippen LogP contribution in [-0.2, 0) is 0 Å². The van der Waals surface area contributed by atoms with E-state index < -0.39 is 0 Å². The first-order valence-corrected chi connectivity index (χ1v) is 9.37. The zero-order chi connectivity index (χ0) is 18.1. The molecule has 3 heterocycles. The molecule has 2 aromatic rings. The standard InChI is InChI=1S/C19H17BrN6/c20-17-11(7-21)3-1-5-13(17)16-14(8-22)18(12-4-2-6-23-9-12)25-19-15(16)10-24-26-19/h1,3,5,10,12,16,23H,2,4,6,9H2,(H2,24,25,26). The third-order valence-electron chi connectivity index (χ3n) is 5.10. The molecule has 130 valence electrons. The fourth-order valence-electron chi connectivity index (χ4n) is 3.85. The zero-order valence-corrected chi connectivity index (χ0v) is 15.6. The number of fused-ring (bicyclic) bond motifs is 1. The summed E-state index contributed by atoms with van der Waals surface area (Å²) in [5.74, 6) is 0.828. The van der Waals surface area contributed by atoms with E-state index in [9.17, 15) is 10.5 Å². The van der Waals surface area contributed by atoms with Gasteiger partial charge in [0, 0.05) is 28.2 Å². The van der Waals surface area contributed by atoms with E-state index in [-0.39, 0.29) is 11.8 Å². The highest BCUT2D eigenvalue weighted by Crippen LogP contribution is 2.45. The highest BCUT2D eigenvalue weighted by molar-refractivity contribution is 9.10. The molecule has 1 saturated heterocycles. The summed E-state index contributed by atoms with van der Waals surface area (Å²) in [5, 5.41) is 33.4. The number of hydrogen-bond acceptors (Lipinski definition) is 5. The predicted octanol–water partition coefficient (Wildman–Crippen LogP) is 3.38. The first-order chi connectivity index (χ1) is 12.7. The minimum Gasteiger partial charge on any atom is -0.343 e. The number of hydrogen-bond donors (Lipinski definition) is 3. The smallest absolute Gasteiger partial charge is 0.129 e. The van der Waals surface area contributed by atoms with Gasteiger partial charge in [0.1, 0.15) is 11.9 Å². The molecule has 0 amide bonds. The normalized spacial score (nSPS) is 22.1. The van der Waals surface area contributed by atoms with Crippen molar-refractivity contribution in [1.82, 2.24) is 15.5 Å². The third-order valence-corrected chi connectivity index (χ3v) is 5.99. The molecule has 0 spiro atoms. The number of benzene rings is 1. The van der Waals surface area contributed by atoms with Gasteiger partial charge in [-0.3, -0.25) is 5.10 Å². The Morgan fingerprint density at radius 1 is 1.19 bits per heavy atom. The van der Waals surface area contributed by atoms with Gasteiger partial charge in [0.25, 0.3) is 0 Å². The maximum absolute atomic E-state index is 10.0. The summed E-state index contributed by atoms with van der Waals surface area (Å²) in [7, 11) is 0. The maximum atomic E-state index is 10.0. The van der Waals surface area contributed by atoms with Crippen LogP contribution < -0.4 is 10.6 Å². The Hall–Kier alpha value is -2.61. The largest absolute Gasteiger partial charge is 0.343 e. The number of halogens is 1. The van der Waals surface area contributed by atoms with Crippen molar-refractivity contribution in [2.45, 2.75) is 18.8 Å². The molecule has 2 aliphatic heterocycles. The topological polar surface area (TPSA) is 100 Å². The van der Waals surface area contributed by atoms with Gasteiger partial charge in [0.05, 0.1) is 29.3 Å². The van der Waals surface area contributed by atoms with Crippen LogP contribution in [0.4, 0.5) is 5.82 Å². The summed E-state index contributed by atoms with van der Waals surface area (Å²) in [6.07, 6.45) is 3.88. The van der Waals surface area contributed by atoms with E-state index in [2.05, 4.69) is 48.9 Å². The van der Waals surface area contributed by atoms with E-state index >= 15 is 0 Å². The molecule has 1 aromatic heterocycles. The molecule has 2 atom stereocenters. The quantitative estimate of drug-likeness (QED) is 0.706. The van der Waals surface area contributed by atoms with Crippen molar-refractivity contribution >= 4 is 21.7 Å². The Bertz CT molecular complexity index is 955. The summed E-state index contributed by atoms with van der Waals surface area (Å²) in [6.45, 7) is 1.86. The molecule has 4 rings (SSSR count). The number of nitriles is 2. The summed E-state index contributed by atoms with van der Waals surface area (Å²) in [6, 6.07) is 10.2. The van der Waals surface area contributed by atoms with Crippen LogP contribution in [0.25, 0.3) is 0 Å². The van der Waals surface area contributed by atoms with E-state index in [0.717, 1.165) is 53.0 Å². The van der Waals surface area contributed by atoms with Gasteiger partial charge in [-0.1, -0.05) is 12.1 Å². The lowest BCUT2D eigenvalue weighted by molar-refractivity contribution is 0.420. The molecule has 0 saturated carbocycles. The van der Waals surface area contributed by atoms with Gasteiger partial charge in [-0.2, -0.15) is 15.6 Å². The van der Waals surface area contributed by atoms with Crippen LogP contribution in [0.3, 0.4) is 0 Å². The highest BCUT2D eigenvalue weighted by Gasteiger charge is 2.35. The van der Waals surface area contributed by atoms with Crippen molar-refractivity contribution in [3.63, 3.8) is 0 Å².